The number of thiophene rings is 1. The fraction of sp³-hybridized carbons (Fsp3) is 0.429. The van der Waals surface area contributed by atoms with Gasteiger partial charge in [0.1, 0.15) is 10.7 Å². The van der Waals surface area contributed by atoms with Crippen molar-refractivity contribution in [3.8, 4) is 9.88 Å². The molecule has 3 rings (SSSR count). The largest absolute Gasteiger partial charge is 0.350 e. The van der Waals surface area contributed by atoms with Crippen LogP contribution in [0.15, 0.2) is 21.3 Å². The van der Waals surface area contributed by atoms with Gasteiger partial charge in [-0.2, -0.15) is 0 Å². The average Bonchev–Trinajstić information content (AvgIpc) is 3.14. The van der Waals surface area contributed by atoms with E-state index in [4.69, 9.17) is 0 Å². The third-order valence-electron chi connectivity index (χ3n) is 3.47. The highest BCUT2D eigenvalue weighted by Gasteiger charge is 2.16. The smallest absolute Gasteiger partial charge is 0.270 e. The summed E-state index contributed by atoms with van der Waals surface area (Å²) >= 11 is 6.58. The van der Waals surface area contributed by atoms with Gasteiger partial charge in [0.2, 0.25) is 0 Å². The van der Waals surface area contributed by atoms with Gasteiger partial charge in [0.05, 0.1) is 8.66 Å². The second-order valence-corrected chi connectivity index (χ2v) is 8.39. The maximum absolute atomic E-state index is 12.1. The molecule has 4 nitrogen and oxygen atoms in total. The van der Waals surface area contributed by atoms with Crippen LogP contribution >= 0.6 is 38.6 Å². The number of aromatic nitrogens is 1. The summed E-state index contributed by atoms with van der Waals surface area (Å²) in [5, 5.41) is 9.09. The fourth-order valence-corrected chi connectivity index (χ4v) is 4.60. The van der Waals surface area contributed by atoms with E-state index in [9.17, 15) is 4.79 Å². The molecular formula is C14H16BrN3OS2. The third-order valence-corrected chi connectivity index (χ3v) is 6.11. The summed E-state index contributed by atoms with van der Waals surface area (Å²) in [6.07, 6.45) is 2.37. The van der Waals surface area contributed by atoms with E-state index in [2.05, 4.69) is 31.5 Å². The first kappa shape index (κ1) is 15.1. The van der Waals surface area contributed by atoms with Crippen LogP contribution in [-0.4, -0.2) is 30.5 Å². The van der Waals surface area contributed by atoms with Crippen LogP contribution in [0.3, 0.4) is 0 Å². The van der Waals surface area contributed by atoms with Crippen molar-refractivity contribution >= 4 is 44.5 Å². The predicted octanol–water partition coefficient (Wildman–Crippen LogP) is 3.36. The Morgan fingerprint density at radius 1 is 1.52 bits per heavy atom. The van der Waals surface area contributed by atoms with Gasteiger partial charge in [-0.15, -0.1) is 22.7 Å². The summed E-state index contributed by atoms with van der Waals surface area (Å²) in [6.45, 7) is 2.81. The summed E-state index contributed by atoms with van der Waals surface area (Å²) in [5.41, 5.74) is 0.517. The zero-order valence-electron chi connectivity index (χ0n) is 11.4. The van der Waals surface area contributed by atoms with E-state index in [0.717, 1.165) is 33.3 Å². The molecule has 0 radical (unpaired) electrons. The molecule has 0 spiro atoms. The quantitative estimate of drug-likeness (QED) is 0.847. The topological polar surface area (TPSA) is 54.0 Å². The van der Waals surface area contributed by atoms with Gasteiger partial charge in [-0.25, -0.2) is 4.98 Å². The maximum Gasteiger partial charge on any atom is 0.270 e. The minimum atomic E-state index is -0.0707. The number of hydrogen-bond acceptors (Lipinski definition) is 5. The number of amides is 1. The zero-order valence-corrected chi connectivity index (χ0v) is 14.6. The summed E-state index contributed by atoms with van der Waals surface area (Å²) in [7, 11) is 0. The van der Waals surface area contributed by atoms with Crippen molar-refractivity contribution in [3.05, 3.63) is 27.0 Å². The molecule has 0 aliphatic carbocycles. The van der Waals surface area contributed by atoms with E-state index in [1.54, 1.807) is 11.3 Å². The first-order valence-corrected chi connectivity index (χ1v) is 9.41. The molecule has 1 aliphatic heterocycles. The summed E-state index contributed by atoms with van der Waals surface area (Å²) < 4.78 is 1.07. The molecule has 1 atom stereocenters. The van der Waals surface area contributed by atoms with E-state index < -0.39 is 0 Å². The zero-order chi connectivity index (χ0) is 14.7. The van der Waals surface area contributed by atoms with Crippen LogP contribution in [0.1, 0.15) is 23.3 Å². The van der Waals surface area contributed by atoms with E-state index in [1.165, 1.54) is 24.2 Å². The van der Waals surface area contributed by atoms with Crippen molar-refractivity contribution in [1.29, 1.82) is 0 Å². The lowest BCUT2D eigenvalue weighted by Gasteiger charge is -2.22. The van der Waals surface area contributed by atoms with Crippen molar-refractivity contribution in [3.63, 3.8) is 0 Å². The standard InChI is InChI=1S/C14H16BrN3OS2/c15-12-4-3-11(21-12)14-18-10(8-20-14)13(19)17-7-9-2-1-5-16-6-9/h3-4,8-9,16H,1-2,5-7H2,(H,17,19). The summed E-state index contributed by atoms with van der Waals surface area (Å²) in [6, 6.07) is 4.01. The lowest BCUT2D eigenvalue weighted by atomic mass is 10.00. The van der Waals surface area contributed by atoms with Gasteiger partial charge in [0.15, 0.2) is 0 Å². The van der Waals surface area contributed by atoms with Gasteiger partial charge in [0.25, 0.3) is 5.91 Å². The van der Waals surface area contributed by atoms with Gasteiger partial charge in [-0.1, -0.05) is 0 Å². The Balaban J connectivity index is 1.59. The number of halogens is 1. The van der Waals surface area contributed by atoms with Gasteiger partial charge < -0.3 is 10.6 Å². The Bertz CT molecular complexity index is 619. The van der Waals surface area contributed by atoms with E-state index in [-0.39, 0.29) is 5.91 Å². The number of nitrogens with one attached hydrogen (secondary N) is 2. The summed E-state index contributed by atoms with van der Waals surface area (Å²) in [5.74, 6) is 0.466. The molecule has 2 N–H and O–H groups in total. The molecule has 1 fully saturated rings. The van der Waals surface area contributed by atoms with Gasteiger partial charge in [-0.05, 0) is 59.9 Å². The minimum Gasteiger partial charge on any atom is -0.350 e. The highest BCUT2D eigenvalue weighted by Crippen LogP contribution is 2.33. The lowest BCUT2D eigenvalue weighted by molar-refractivity contribution is 0.0940. The Morgan fingerprint density at radius 2 is 2.43 bits per heavy atom. The van der Waals surface area contributed by atoms with Crippen LogP contribution in [-0.2, 0) is 0 Å². The fourth-order valence-electron chi connectivity index (χ4n) is 2.35. The van der Waals surface area contributed by atoms with Crippen LogP contribution in [0, 0.1) is 5.92 Å². The number of carbonyl (C=O) groups is 1. The number of carbonyl (C=O) groups excluding carboxylic acids is 1. The predicted molar refractivity (Wildman–Crippen MR) is 91.1 cm³/mol. The van der Waals surface area contributed by atoms with Crippen molar-refractivity contribution in [1.82, 2.24) is 15.6 Å². The molecule has 2 aromatic heterocycles. The number of hydrogen-bond donors (Lipinski definition) is 2. The molecular weight excluding hydrogens is 370 g/mol. The highest BCUT2D eigenvalue weighted by molar-refractivity contribution is 9.11. The number of nitrogens with zero attached hydrogens (tertiary/aromatic N) is 1. The highest BCUT2D eigenvalue weighted by atomic mass is 79.9. The minimum absolute atomic E-state index is 0.0707. The number of thiazole rings is 1. The molecule has 1 aliphatic rings. The Labute approximate surface area is 140 Å². The normalized spacial score (nSPS) is 18.6. The second kappa shape index (κ2) is 7.00. The molecule has 2 aromatic rings. The van der Waals surface area contributed by atoms with Crippen LogP contribution < -0.4 is 10.6 Å². The lowest BCUT2D eigenvalue weighted by Crippen LogP contribution is -2.38. The van der Waals surface area contributed by atoms with E-state index in [0.29, 0.717) is 11.6 Å². The molecule has 1 saturated heterocycles. The number of rotatable bonds is 4. The van der Waals surface area contributed by atoms with Crippen molar-refractivity contribution in [2.75, 3.05) is 19.6 Å². The van der Waals surface area contributed by atoms with Crippen LogP contribution in [0.2, 0.25) is 0 Å². The molecule has 3 heterocycles. The molecule has 7 heteroatoms. The first-order valence-electron chi connectivity index (χ1n) is 6.92. The van der Waals surface area contributed by atoms with Gasteiger partial charge in [-0.3, -0.25) is 4.79 Å². The van der Waals surface area contributed by atoms with Crippen LogP contribution in [0.25, 0.3) is 9.88 Å². The third kappa shape index (κ3) is 3.91. The van der Waals surface area contributed by atoms with Gasteiger partial charge >= 0.3 is 0 Å². The molecule has 0 saturated carbocycles. The van der Waals surface area contributed by atoms with Crippen LogP contribution in [0.5, 0.6) is 0 Å². The second-order valence-electron chi connectivity index (χ2n) is 5.06. The number of piperidine rings is 1. The maximum atomic E-state index is 12.1. The van der Waals surface area contributed by atoms with Crippen molar-refractivity contribution < 1.29 is 4.79 Å². The van der Waals surface area contributed by atoms with Gasteiger partial charge in [0, 0.05) is 11.9 Å². The first-order chi connectivity index (χ1) is 10.2. The monoisotopic (exact) mass is 385 g/mol. The molecule has 0 bridgehead atoms. The van der Waals surface area contributed by atoms with Crippen molar-refractivity contribution in [2.24, 2.45) is 5.92 Å². The van der Waals surface area contributed by atoms with Crippen molar-refractivity contribution in [2.45, 2.75) is 12.8 Å². The SMILES string of the molecule is O=C(NCC1CCCNC1)c1csc(-c2ccc(Br)s2)n1. The van der Waals surface area contributed by atoms with E-state index >= 15 is 0 Å². The molecule has 1 amide bonds. The Morgan fingerprint density at radius 3 is 3.14 bits per heavy atom. The van der Waals surface area contributed by atoms with Crippen LogP contribution in [0.4, 0.5) is 0 Å². The molecule has 1 unspecified atom stereocenters. The summed E-state index contributed by atoms with van der Waals surface area (Å²) in [4.78, 5) is 17.7. The molecule has 0 aromatic carbocycles. The Kier molecular flexibility index (Phi) is 5.05. The van der Waals surface area contributed by atoms with E-state index in [1.807, 2.05) is 17.5 Å². The average molecular weight is 386 g/mol. The Hall–Kier alpha value is -0.760. The molecule has 112 valence electrons. The molecule has 21 heavy (non-hydrogen) atoms.